The molecule has 0 bridgehead atoms. The Kier molecular flexibility index (Phi) is 4.52. The van der Waals surface area contributed by atoms with Crippen LogP contribution in [0.5, 0.6) is 5.75 Å². The van der Waals surface area contributed by atoms with Gasteiger partial charge in [0.1, 0.15) is 4.90 Å². The van der Waals surface area contributed by atoms with E-state index in [1.165, 1.54) is 25.3 Å². The summed E-state index contributed by atoms with van der Waals surface area (Å²) in [5.41, 5.74) is -0.0702. The summed E-state index contributed by atoms with van der Waals surface area (Å²) in [7, 11) is -3.24. The molecule has 0 unspecified atom stereocenters. The van der Waals surface area contributed by atoms with E-state index in [1.807, 2.05) is 4.72 Å². The number of ether oxygens (including phenoxy) is 1. The molecule has 0 aliphatic rings. The lowest BCUT2D eigenvalue weighted by molar-refractivity contribution is 0.417. The maximum atomic E-state index is 13.6. The van der Waals surface area contributed by atoms with Crippen LogP contribution in [0.15, 0.2) is 35.2 Å². The van der Waals surface area contributed by atoms with Crippen molar-refractivity contribution in [3.05, 3.63) is 52.8 Å². The van der Waals surface area contributed by atoms with Gasteiger partial charge in [0, 0.05) is 0 Å². The van der Waals surface area contributed by atoms with E-state index < -0.39 is 32.4 Å². The quantitative estimate of drug-likeness (QED) is 0.857. The number of hydrogen-bond donors (Lipinski definition) is 1. The van der Waals surface area contributed by atoms with Crippen molar-refractivity contribution in [2.75, 3.05) is 11.8 Å². The fraction of sp³-hybridized carbons (Fsp3) is 0.0769. The van der Waals surface area contributed by atoms with Crippen LogP contribution in [0.25, 0.3) is 0 Å². The van der Waals surface area contributed by atoms with Crippen LogP contribution in [0.2, 0.25) is 5.02 Å². The molecule has 2 rings (SSSR count). The number of halogens is 4. The molecule has 0 atom stereocenters. The molecule has 2 aromatic carbocycles. The lowest BCUT2D eigenvalue weighted by Gasteiger charge is -2.13. The van der Waals surface area contributed by atoms with Crippen molar-refractivity contribution in [2.45, 2.75) is 4.90 Å². The normalized spacial score (nSPS) is 11.3. The Labute approximate surface area is 129 Å². The third kappa shape index (κ3) is 2.97. The van der Waals surface area contributed by atoms with Crippen molar-refractivity contribution in [1.29, 1.82) is 0 Å². The predicted octanol–water partition coefficient (Wildman–Crippen LogP) is 3.57. The highest BCUT2D eigenvalue weighted by atomic mass is 35.5. The third-order valence-electron chi connectivity index (χ3n) is 2.70. The topological polar surface area (TPSA) is 55.4 Å². The summed E-state index contributed by atoms with van der Waals surface area (Å²) >= 11 is 5.84. The Morgan fingerprint density at radius 2 is 1.77 bits per heavy atom. The minimum atomic E-state index is -4.50. The summed E-state index contributed by atoms with van der Waals surface area (Å²) < 4.78 is 70.9. The number of nitrogens with one attached hydrogen (secondary N) is 1. The van der Waals surface area contributed by atoms with Crippen LogP contribution in [-0.2, 0) is 10.0 Å². The van der Waals surface area contributed by atoms with Gasteiger partial charge in [-0.25, -0.2) is 21.6 Å². The van der Waals surface area contributed by atoms with Gasteiger partial charge in [0.15, 0.2) is 23.2 Å². The lowest BCUT2D eigenvalue weighted by atomic mass is 10.3. The van der Waals surface area contributed by atoms with Gasteiger partial charge in [0.25, 0.3) is 10.0 Å². The Bertz CT molecular complexity index is 828. The summed E-state index contributed by atoms with van der Waals surface area (Å²) in [4.78, 5) is -1.03. The first kappa shape index (κ1) is 16.4. The average Bonchev–Trinajstić information content (AvgIpc) is 2.44. The summed E-state index contributed by atoms with van der Waals surface area (Å²) in [6.07, 6.45) is 0. The van der Waals surface area contributed by atoms with E-state index in [4.69, 9.17) is 16.3 Å². The molecule has 0 amide bonds. The highest BCUT2D eigenvalue weighted by Crippen LogP contribution is 2.34. The minimum absolute atomic E-state index is 0.00994. The second-order valence-corrected chi connectivity index (χ2v) is 6.16. The predicted molar refractivity (Wildman–Crippen MR) is 75.1 cm³/mol. The van der Waals surface area contributed by atoms with Gasteiger partial charge in [0.2, 0.25) is 0 Å². The van der Waals surface area contributed by atoms with Crippen LogP contribution < -0.4 is 9.46 Å². The SMILES string of the molecule is COc1c(Cl)cccc1NS(=O)(=O)c1ccc(F)c(F)c1F. The van der Waals surface area contributed by atoms with Crippen molar-refractivity contribution < 1.29 is 26.3 Å². The summed E-state index contributed by atoms with van der Waals surface area (Å²) in [6, 6.07) is 5.34. The molecular weight excluding hydrogens is 343 g/mol. The van der Waals surface area contributed by atoms with E-state index in [-0.39, 0.29) is 16.5 Å². The van der Waals surface area contributed by atoms with Crippen LogP contribution in [-0.4, -0.2) is 15.5 Å². The zero-order valence-corrected chi connectivity index (χ0v) is 12.6. The number of anilines is 1. The Morgan fingerprint density at radius 3 is 2.41 bits per heavy atom. The van der Waals surface area contributed by atoms with Crippen molar-refractivity contribution >= 4 is 27.3 Å². The van der Waals surface area contributed by atoms with E-state index in [9.17, 15) is 21.6 Å². The van der Waals surface area contributed by atoms with E-state index in [2.05, 4.69) is 0 Å². The Balaban J connectivity index is 2.50. The number of para-hydroxylation sites is 1. The number of sulfonamides is 1. The van der Waals surface area contributed by atoms with E-state index in [0.29, 0.717) is 12.1 Å². The number of hydrogen-bond acceptors (Lipinski definition) is 3. The van der Waals surface area contributed by atoms with Gasteiger partial charge in [-0.2, -0.15) is 0 Å². The monoisotopic (exact) mass is 351 g/mol. The molecule has 0 radical (unpaired) electrons. The molecule has 0 fully saturated rings. The molecule has 0 heterocycles. The van der Waals surface area contributed by atoms with Crippen molar-refractivity contribution in [2.24, 2.45) is 0 Å². The molecular formula is C13H9ClF3NO3S. The van der Waals surface area contributed by atoms with Gasteiger partial charge < -0.3 is 4.74 Å². The van der Waals surface area contributed by atoms with Gasteiger partial charge in [-0.1, -0.05) is 17.7 Å². The van der Waals surface area contributed by atoms with Crippen LogP contribution in [0.3, 0.4) is 0 Å². The molecule has 118 valence electrons. The van der Waals surface area contributed by atoms with Gasteiger partial charge in [-0.05, 0) is 24.3 Å². The van der Waals surface area contributed by atoms with Crippen molar-refractivity contribution in [1.82, 2.24) is 0 Å². The molecule has 22 heavy (non-hydrogen) atoms. The maximum Gasteiger partial charge on any atom is 0.265 e. The molecule has 4 nitrogen and oxygen atoms in total. The van der Waals surface area contributed by atoms with Crippen molar-refractivity contribution in [3.8, 4) is 5.75 Å². The van der Waals surface area contributed by atoms with Crippen molar-refractivity contribution in [3.63, 3.8) is 0 Å². The van der Waals surface area contributed by atoms with Gasteiger partial charge in [0.05, 0.1) is 17.8 Å². The smallest absolute Gasteiger partial charge is 0.265 e. The average molecular weight is 352 g/mol. The second-order valence-electron chi connectivity index (χ2n) is 4.10. The standard InChI is InChI=1S/C13H9ClF3NO3S/c1-21-13-7(14)3-2-4-9(13)18-22(19,20)10-6-5-8(15)11(16)12(10)17/h2-6,18H,1H3. The number of rotatable bonds is 4. The fourth-order valence-electron chi connectivity index (χ4n) is 1.71. The summed E-state index contributed by atoms with van der Waals surface area (Å²) in [5, 5.41) is 0.119. The van der Waals surface area contributed by atoms with Gasteiger partial charge in [-0.15, -0.1) is 0 Å². The Hall–Kier alpha value is -1.93. The third-order valence-corrected chi connectivity index (χ3v) is 4.39. The molecule has 0 saturated heterocycles. The zero-order chi connectivity index (χ0) is 16.5. The molecule has 9 heteroatoms. The maximum absolute atomic E-state index is 13.6. The highest BCUT2D eigenvalue weighted by Gasteiger charge is 2.25. The van der Waals surface area contributed by atoms with Crippen LogP contribution in [0.1, 0.15) is 0 Å². The molecule has 0 aliphatic heterocycles. The number of methoxy groups -OCH3 is 1. The van der Waals surface area contributed by atoms with Crippen LogP contribution >= 0.6 is 11.6 Å². The second kappa shape index (κ2) is 6.05. The van der Waals surface area contributed by atoms with Gasteiger partial charge in [-0.3, -0.25) is 4.72 Å². The van der Waals surface area contributed by atoms with Crippen LogP contribution in [0.4, 0.5) is 18.9 Å². The zero-order valence-electron chi connectivity index (χ0n) is 11.0. The molecule has 1 N–H and O–H groups in total. The lowest BCUT2D eigenvalue weighted by Crippen LogP contribution is -2.16. The first-order valence-electron chi connectivity index (χ1n) is 5.76. The van der Waals surface area contributed by atoms with Crippen LogP contribution in [0, 0.1) is 17.5 Å². The number of benzene rings is 2. The van der Waals surface area contributed by atoms with E-state index >= 15 is 0 Å². The van der Waals surface area contributed by atoms with Gasteiger partial charge >= 0.3 is 0 Å². The molecule has 0 aromatic heterocycles. The largest absolute Gasteiger partial charge is 0.493 e. The first-order valence-corrected chi connectivity index (χ1v) is 7.63. The summed E-state index contributed by atoms with van der Waals surface area (Å²) in [6.45, 7) is 0. The molecule has 0 saturated carbocycles. The molecule has 2 aromatic rings. The summed E-state index contributed by atoms with van der Waals surface area (Å²) in [5.74, 6) is -5.16. The fourth-order valence-corrected chi connectivity index (χ4v) is 3.10. The first-order chi connectivity index (χ1) is 10.3. The van der Waals surface area contributed by atoms with E-state index in [0.717, 1.165) is 0 Å². The van der Waals surface area contributed by atoms with E-state index in [1.54, 1.807) is 0 Å². The Morgan fingerprint density at radius 1 is 1.09 bits per heavy atom. The highest BCUT2D eigenvalue weighted by molar-refractivity contribution is 7.92. The molecule has 0 aliphatic carbocycles. The molecule has 0 spiro atoms. The minimum Gasteiger partial charge on any atom is -0.493 e.